The molecule has 2 rings (SSSR count). The van der Waals surface area contributed by atoms with Crippen molar-refractivity contribution in [1.82, 2.24) is 9.13 Å². The predicted molar refractivity (Wildman–Crippen MR) is 87.1 cm³/mol. The zero-order valence-corrected chi connectivity index (χ0v) is 14.6. The van der Waals surface area contributed by atoms with Crippen LogP contribution < -0.4 is 5.69 Å². The van der Waals surface area contributed by atoms with Crippen LogP contribution in [-0.2, 0) is 14.1 Å². The van der Waals surface area contributed by atoms with Gasteiger partial charge in [0.1, 0.15) is 0 Å². The van der Waals surface area contributed by atoms with Gasteiger partial charge in [0.2, 0.25) is 0 Å². The molecule has 3 nitrogen and oxygen atoms in total. The zero-order valence-electron chi connectivity index (χ0n) is 11.4. The minimum atomic E-state index is 0.0127. The van der Waals surface area contributed by atoms with Gasteiger partial charge < -0.3 is 0 Å². The molecule has 104 valence electrons. The summed E-state index contributed by atoms with van der Waals surface area (Å²) in [5.74, 6) is 0. The minimum absolute atomic E-state index is 0.0127. The summed E-state index contributed by atoms with van der Waals surface area (Å²) in [6.45, 7) is 2.19. The highest BCUT2D eigenvalue weighted by atomic mass is 79.9. The summed E-state index contributed by atoms with van der Waals surface area (Å²) >= 11 is 7.37. The van der Waals surface area contributed by atoms with Crippen LogP contribution in [0.4, 0.5) is 0 Å². The van der Waals surface area contributed by atoms with Crippen LogP contribution in [0.1, 0.15) is 36.6 Å². The molecule has 5 heteroatoms. The number of hydrogen-bond acceptors (Lipinski definition) is 1. The van der Waals surface area contributed by atoms with Gasteiger partial charge in [-0.05, 0) is 24.1 Å². The van der Waals surface area contributed by atoms with Crippen LogP contribution in [0.5, 0.6) is 0 Å². The highest BCUT2D eigenvalue weighted by molar-refractivity contribution is 9.11. The minimum Gasteiger partial charge on any atom is -0.295 e. The van der Waals surface area contributed by atoms with Gasteiger partial charge in [-0.1, -0.05) is 51.6 Å². The first-order valence-electron chi connectivity index (χ1n) is 6.46. The van der Waals surface area contributed by atoms with Crippen molar-refractivity contribution in [1.29, 1.82) is 0 Å². The van der Waals surface area contributed by atoms with Crippen LogP contribution in [0.3, 0.4) is 0 Å². The van der Waals surface area contributed by atoms with Crippen molar-refractivity contribution in [3.05, 3.63) is 32.7 Å². The number of aryl methyl sites for hydroxylation is 2. The summed E-state index contributed by atoms with van der Waals surface area (Å²) in [5, 5.41) is 0. The number of hydrogen-bond donors (Lipinski definition) is 0. The lowest BCUT2D eigenvalue weighted by atomic mass is 10.1. The summed E-state index contributed by atoms with van der Waals surface area (Å²) in [5.41, 5.74) is 3.16. The Labute approximate surface area is 129 Å². The molecule has 0 saturated heterocycles. The van der Waals surface area contributed by atoms with Crippen molar-refractivity contribution >= 4 is 42.9 Å². The Morgan fingerprint density at radius 3 is 2.37 bits per heavy atom. The molecule has 0 N–H and O–H groups in total. The lowest BCUT2D eigenvalue weighted by molar-refractivity contribution is 0.712. The summed E-state index contributed by atoms with van der Waals surface area (Å²) in [7, 11) is 3.62. The number of rotatable bonds is 4. The Morgan fingerprint density at radius 1 is 1.21 bits per heavy atom. The Bertz CT molecular complexity index is 657. The molecule has 2 aromatic rings. The fourth-order valence-electron chi connectivity index (χ4n) is 2.31. The topological polar surface area (TPSA) is 26.9 Å². The number of halogens is 2. The first kappa shape index (κ1) is 14.9. The third kappa shape index (κ3) is 2.68. The number of benzene rings is 1. The van der Waals surface area contributed by atoms with Crippen molar-refractivity contribution < 1.29 is 0 Å². The molecule has 1 atom stereocenters. The molecule has 0 aliphatic carbocycles. The highest BCUT2D eigenvalue weighted by Gasteiger charge is 2.15. The van der Waals surface area contributed by atoms with E-state index in [0.717, 1.165) is 21.9 Å². The summed E-state index contributed by atoms with van der Waals surface area (Å²) in [4.78, 5) is 12.3. The number of unbranched alkanes of at least 4 members (excludes halogenated alkanes) is 1. The summed E-state index contributed by atoms with van der Waals surface area (Å²) in [6, 6.07) is 4.14. The van der Waals surface area contributed by atoms with E-state index in [9.17, 15) is 4.79 Å². The Hall–Kier alpha value is -0.550. The van der Waals surface area contributed by atoms with E-state index in [4.69, 9.17) is 0 Å². The molecule has 0 aliphatic heterocycles. The standard InChI is InChI=1S/C14H18Br2N2O/c1-4-5-6-10(15)9-7-12-13(8-11(9)16)18(3)14(19)17(12)2/h7-8,10H,4-6H2,1-3H3. The lowest BCUT2D eigenvalue weighted by Gasteiger charge is -2.12. The number of imidazole rings is 1. The molecule has 1 aromatic heterocycles. The molecular formula is C14H18Br2N2O. The first-order chi connectivity index (χ1) is 8.97. The zero-order chi connectivity index (χ0) is 14.2. The molecule has 0 aliphatic rings. The monoisotopic (exact) mass is 388 g/mol. The van der Waals surface area contributed by atoms with Crippen LogP contribution in [-0.4, -0.2) is 9.13 Å². The van der Waals surface area contributed by atoms with Gasteiger partial charge in [-0.3, -0.25) is 9.13 Å². The Morgan fingerprint density at radius 2 is 1.79 bits per heavy atom. The van der Waals surface area contributed by atoms with Gasteiger partial charge in [-0.15, -0.1) is 0 Å². The molecule has 1 heterocycles. The molecule has 0 radical (unpaired) electrons. The van der Waals surface area contributed by atoms with E-state index in [1.165, 1.54) is 18.4 Å². The maximum Gasteiger partial charge on any atom is 0.328 e. The van der Waals surface area contributed by atoms with Gasteiger partial charge in [-0.25, -0.2) is 4.79 Å². The first-order valence-corrected chi connectivity index (χ1v) is 8.17. The number of fused-ring (bicyclic) bond motifs is 1. The van der Waals surface area contributed by atoms with Gasteiger partial charge in [0, 0.05) is 23.4 Å². The van der Waals surface area contributed by atoms with E-state index in [2.05, 4.69) is 44.8 Å². The van der Waals surface area contributed by atoms with E-state index >= 15 is 0 Å². The Kier molecular flexibility index (Phi) is 4.56. The van der Waals surface area contributed by atoms with Gasteiger partial charge in [0.15, 0.2) is 0 Å². The van der Waals surface area contributed by atoms with E-state index < -0.39 is 0 Å². The second-order valence-corrected chi connectivity index (χ2v) is 6.83. The third-order valence-electron chi connectivity index (χ3n) is 3.54. The predicted octanol–water partition coefficient (Wildman–Crippen LogP) is 4.27. The van der Waals surface area contributed by atoms with Gasteiger partial charge in [-0.2, -0.15) is 0 Å². The summed E-state index contributed by atoms with van der Waals surface area (Å²) < 4.78 is 4.43. The molecule has 0 amide bonds. The van der Waals surface area contributed by atoms with Crippen molar-refractivity contribution in [3.8, 4) is 0 Å². The second kappa shape index (κ2) is 5.83. The van der Waals surface area contributed by atoms with Gasteiger partial charge >= 0.3 is 5.69 Å². The molecule has 0 spiro atoms. The molecular weight excluding hydrogens is 372 g/mol. The van der Waals surface area contributed by atoms with Crippen LogP contribution in [0.15, 0.2) is 21.4 Å². The van der Waals surface area contributed by atoms with E-state index in [-0.39, 0.29) is 5.69 Å². The van der Waals surface area contributed by atoms with E-state index in [1.807, 2.05) is 13.1 Å². The van der Waals surface area contributed by atoms with Crippen LogP contribution in [0, 0.1) is 0 Å². The molecule has 19 heavy (non-hydrogen) atoms. The summed E-state index contributed by atoms with van der Waals surface area (Å²) in [6.07, 6.45) is 3.47. The van der Waals surface area contributed by atoms with Crippen molar-refractivity contribution in [2.24, 2.45) is 14.1 Å². The number of alkyl halides is 1. The number of nitrogens with zero attached hydrogens (tertiary/aromatic N) is 2. The lowest BCUT2D eigenvalue weighted by Crippen LogP contribution is -2.19. The second-order valence-electron chi connectivity index (χ2n) is 4.87. The maximum atomic E-state index is 12.0. The SMILES string of the molecule is CCCCC(Br)c1cc2c(cc1Br)n(C)c(=O)n2C. The average molecular weight is 390 g/mol. The smallest absolute Gasteiger partial charge is 0.295 e. The fourth-order valence-corrected chi connectivity index (χ4v) is 3.93. The largest absolute Gasteiger partial charge is 0.328 e. The van der Waals surface area contributed by atoms with E-state index in [0.29, 0.717) is 4.83 Å². The average Bonchev–Trinajstić information content (AvgIpc) is 2.60. The molecule has 0 fully saturated rings. The maximum absolute atomic E-state index is 12.0. The van der Waals surface area contributed by atoms with Gasteiger partial charge in [0.25, 0.3) is 0 Å². The fraction of sp³-hybridized carbons (Fsp3) is 0.500. The van der Waals surface area contributed by atoms with Crippen LogP contribution in [0.25, 0.3) is 11.0 Å². The Balaban J connectivity index is 2.55. The van der Waals surface area contributed by atoms with Crippen molar-refractivity contribution in [2.75, 3.05) is 0 Å². The van der Waals surface area contributed by atoms with Crippen molar-refractivity contribution in [3.63, 3.8) is 0 Å². The quantitative estimate of drug-likeness (QED) is 0.717. The molecule has 1 unspecified atom stereocenters. The molecule has 0 saturated carbocycles. The third-order valence-corrected chi connectivity index (χ3v) is 5.18. The van der Waals surface area contributed by atoms with Crippen LogP contribution in [0.2, 0.25) is 0 Å². The normalized spacial score (nSPS) is 13.1. The number of aromatic nitrogens is 2. The van der Waals surface area contributed by atoms with Gasteiger partial charge in [0.05, 0.1) is 11.0 Å². The van der Waals surface area contributed by atoms with E-state index in [1.54, 1.807) is 16.2 Å². The molecule has 0 bridgehead atoms. The van der Waals surface area contributed by atoms with Crippen LogP contribution >= 0.6 is 31.9 Å². The highest BCUT2D eigenvalue weighted by Crippen LogP contribution is 2.35. The van der Waals surface area contributed by atoms with Crippen molar-refractivity contribution in [2.45, 2.75) is 31.0 Å². The molecule has 1 aromatic carbocycles.